The molecule has 4 aromatic rings. The second kappa shape index (κ2) is 17.2. The van der Waals surface area contributed by atoms with Gasteiger partial charge in [-0.25, -0.2) is 13.4 Å². The predicted molar refractivity (Wildman–Crippen MR) is 200 cm³/mol. The Balaban J connectivity index is 1.81. The Kier molecular flexibility index (Phi) is 13.0. The van der Waals surface area contributed by atoms with Crippen LogP contribution in [0.5, 0.6) is 5.75 Å². The molecule has 2 atom stereocenters. The number of hydrogen-bond donors (Lipinski definition) is 8. The van der Waals surface area contributed by atoms with Crippen LogP contribution in [0.25, 0.3) is 21.8 Å². The Bertz CT molecular complexity index is 2200. The van der Waals surface area contributed by atoms with Crippen molar-refractivity contribution in [2.24, 2.45) is 5.73 Å². The van der Waals surface area contributed by atoms with Crippen LogP contribution in [0.2, 0.25) is 0 Å². The first-order valence-electron chi connectivity index (χ1n) is 15.9. The lowest BCUT2D eigenvalue weighted by Crippen LogP contribution is -2.49. The smallest absolute Gasteiger partial charge is 0.322 e. The van der Waals surface area contributed by atoms with E-state index in [-0.39, 0.29) is 40.8 Å². The molecule has 1 heterocycles. The fourth-order valence-corrected chi connectivity index (χ4v) is 6.94. The van der Waals surface area contributed by atoms with E-state index in [4.69, 9.17) is 25.7 Å². The van der Waals surface area contributed by atoms with Gasteiger partial charge in [-0.15, -0.1) is 11.8 Å². The van der Waals surface area contributed by atoms with E-state index in [1.807, 2.05) is 25.1 Å². The topological polar surface area (TPSA) is 268 Å². The summed E-state index contributed by atoms with van der Waals surface area (Å²) < 4.78 is 33.0. The number of carboxylic acid groups (broad SMARTS) is 2. The number of fused-ring (bicyclic) bond motifs is 2. The number of carbonyl (C=O) groups excluding carboxylic acids is 3. The van der Waals surface area contributed by atoms with Gasteiger partial charge in [-0.1, -0.05) is 30.3 Å². The molecular formula is C34H39N7O10S2. The number of anilines is 3. The molecule has 0 aliphatic rings. The fraction of sp³-hybridized carbons (Fsp3) is 0.294. The van der Waals surface area contributed by atoms with E-state index in [9.17, 15) is 32.4 Å². The molecule has 0 aliphatic carbocycles. The molecule has 0 bridgehead atoms. The van der Waals surface area contributed by atoms with Gasteiger partial charge < -0.3 is 42.0 Å². The number of thioether (sulfide) groups is 1. The molecule has 0 unspecified atom stereocenters. The van der Waals surface area contributed by atoms with E-state index in [1.54, 1.807) is 24.3 Å². The Morgan fingerprint density at radius 2 is 1.68 bits per heavy atom. The number of aryl methyl sites for hydroxylation is 1. The number of rotatable bonds is 17. The number of para-hydroxylation sites is 2. The molecule has 0 saturated carbocycles. The zero-order chi connectivity index (χ0) is 39.0. The summed E-state index contributed by atoms with van der Waals surface area (Å²) in [6.45, 7) is 1.14. The fourth-order valence-electron chi connectivity index (χ4n) is 5.26. The molecule has 53 heavy (non-hydrogen) atoms. The van der Waals surface area contributed by atoms with Crippen LogP contribution in [-0.4, -0.2) is 98.1 Å². The molecule has 0 saturated heterocycles. The molecule has 3 aromatic carbocycles. The van der Waals surface area contributed by atoms with E-state index < -0.39 is 52.4 Å². The number of aliphatic carboxylic acids is 2. The molecule has 9 N–H and O–H groups in total. The highest BCUT2D eigenvalue weighted by atomic mass is 32.2. The highest BCUT2D eigenvalue weighted by molar-refractivity contribution is 7.99. The Hall–Kier alpha value is -5.66. The maximum Gasteiger partial charge on any atom is 0.322 e. The van der Waals surface area contributed by atoms with Gasteiger partial charge in [-0.2, -0.15) is 0 Å². The van der Waals surface area contributed by atoms with Crippen molar-refractivity contribution in [3.63, 3.8) is 0 Å². The van der Waals surface area contributed by atoms with Crippen molar-refractivity contribution < 1.29 is 47.3 Å². The maximum atomic E-state index is 13.0. The number of sulfonamides is 1. The molecule has 0 fully saturated rings. The second-order valence-electron chi connectivity index (χ2n) is 11.8. The molecule has 282 valence electrons. The predicted octanol–water partition coefficient (Wildman–Crippen LogP) is 2.15. The quantitative estimate of drug-likeness (QED) is 0.0565. The summed E-state index contributed by atoms with van der Waals surface area (Å²) in [4.78, 5) is 66.0. The third kappa shape index (κ3) is 10.2. The number of nitrogens with one attached hydrogen (secondary N) is 5. The van der Waals surface area contributed by atoms with Crippen molar-refractivity contribution in [2.75, 3.05) is 42.7 Å². The minimum absolute atomic E-state index is 0.0746. The van der Waals surface area contributed by atoms with Crippen molar-refractivity contribution in [3.05, 3.63) is 59.7 Å². The van der Waals surface area contributed by atoms with Gasteiger partial charge >= 0.3 is 11.9 Å². The molecule has 3 amide bonds. The van der Waals surface area contributed by atoms with Gasteiger partial charge in [0, 0.05) is 41.0 Å². The van der Waals surface area contributed by atoms with Gasteiger partial charge in [0.05, 0.1) is 47.0 Å². The summed E-state index contributed by atoms with van der Waals surface area (Å²) in [6.07, 6.45) is 0.384. The normalized spacial score (nSPS) is 12.4. The van der Waals surface area contributed by atoms with Gasteiger partial charge in [0.15, 0.2) is 0 Å². The van der Waals surface area contributed by atoms with Crippen LogP contribution in [0.15, 0.2) is 53.4 Å². The summed E-state index contributed by atoms with van der Waals surface area (Å²) in [5.74, 6) is -4.55. The van der Waals surface area contributed by atoms with Crippen molar-refractivity contribution >= 4 is 90.3 Å². The Morgan fingerprint density at radius 3 is 2.30 bits per heavy atom. The monoisotopic (exact) mass is 769 g/mol. The minimum Gasteiger partial charge on any atom is -0.494 e. The van der Waals surface area contributed by atoms with Crippen LogP contribution < -0.4 is 36.5 Å². The molecule has 17 nitrogen and oxygen atoms in total. The highest BCUT2D eigenvalue weighted by Gasteiger charge is 2.25. The van der Waals surface area contributed by atoms with Crippen molar-refractivity contribution in [2.45, 2.75) is 36.7 Å². The third-order valence-corrected chi connectivity index (χ3v) is 9.57. The number of nitrogens with two attached hydrogens (primary N) is 1. The molecule has 4 rings (SSSR count). The van der Waals surface area contributed by atoms with Crippen molar-refractivity contribution in [1.29, 1.82) is 0 Å². The number of aromatic nitrogens is 1. The van der Waals surface area contributed by atoms with Crippen molar-refractivity contribution in [1.82, 2.24) is 20.9 Å². The molecule has 0 spiro atoms. The van der Waals surface area contributed by atoms with Gasteiger partial charge in [-0.3, -0.25) is 28.7 Å². The summed E-state index contributed by atoms with van der Waals surface area (Å²) in [5, 5.41) is 30.2. The van der Waals surface area contributed by atoms with E-state index in [2.05, 4.69) is 26.0 Å². The summed E-state index contributed by atoms with van der Waals surface area (Å²) >= 11 is 0.963. The Morgan fingerprint density at radius 1 is 1.00 bits per heavy atom. The van der Waals surface area contributed by atoms with E-state index in [1.165, 1.54) is 20.2 Å². The van der Waals surface area contributed by atoms with Crippen LogP contribution in [0, 0.1) is 6.92 Å². The molecule has 1 aromatic heterocycles. The number of ether oxygens (including phenoxy) is 1. The van der Waals surface area contributed by atoms with Crippen LogP contribution in [-0.2, 0) is 29.2 Å². The van der Waals surface area contributed by atoms with E-state index in [0.29, 0.717) is 38.7 Å². The molecule has 0 aliphatic heterocycles. The average molecular weight is 770 g/mol. The minimum atomic E-state index is -3.85. The number of nitrogens with zero attached hydrogens (tertiary/aromatic N) is 1. The van der Waals surface area contributed by atoms with Crippen LogP contribution in [0.4, 0.5) is 17.1 Å². The van der Waals surface area contributed by atoms with E-state index >= 15 is 0 Å². The standard InChI is InChI=1S/C34H39N7O10S2/c1-17-7-5-8-18-29(17)40-31-19(9-6-10-20(31)32(45)36-2)30(18)39-22-14-26(23(13-25(22)51-3)41-53(4,49)50)52-16-24(33(46)37-15-28(43)44)38-27(42)12-11-21(35)34(47)48/h5-10,13-14,21,24,41H,11-12,15-16,35H2,1-4H3,(H,36,45)(H,37,46)(H,38,42)(H,39,40)(H,43,44)(H,47,48)/t21-,24-/m0/s1. The summed E-state index contributed by atoms with van der Waals surface area (Å²) in [6, 6.07) is 11.1. The first kappa shape index (κ1) is 40.1. The number of carbonyl (C=O) groups is 5. The zero-order valence-electron chi connectivity index (χ0n) is 29.1. The second-order valence-corrected chi connectivity index (χ2v) is 14.6. The summed E-state index contributed by atoms with van der Waals surface area (Å²) in [7, 11) is -0.939. The molecule has 19 heteroatoms. The zero-order valence-corrected chi connectivity index (χ0v) is 30.7. The largest absolute Gasteiger partial charge is 0.494 e. The number of methoxy groups -OCH3 is 1. The first-order chi connectivity index (χ1) is 25.0. The number of pyridine rings is 1. The van der Waals surface area contributed by atoms with Crippen LogP contribution in [0.3, 0.4) is 0 Å². The maximum absolute atomic E-state index is 13.0. The van der Waals surface area contributed by atoms with Gasteiger partial charge in [0.25, 0.3) is 5.91 Å². The van der Waals surface area contributed by atoms with Crippen LogP contribution >= 0.6 is 11.8 Å². The average Bonchev–Trinajstić information content (AvgIpc) is 3.10. The van der Waals surface area contributed by atoms with Gasteiger partial charge in [0.2, 0.25) is 21.8 Å². The third-order valence-electron chi connectivity index (χ3n) is 7.84. The highest BCUT2D eigenvalue weighted by Crippen LogP contribution is 2.42. The lowest BCUT2D eigenvalue weighted by molar-refractivity contribution is -0.139. The number of benzene rings is 3. The van der Waals surface area contributed by atoms with Crippen LogP contribution in [0.1, 0.15) is 28.8 Å². The molecular weight excluding hydrogens is 731 g/mol. The SMILES string of the molecule is CNC(=O)c1cccc2c(Nc3cc(SC[C@H](NC(=O)CC[C@H](N)C(=O)O)C(=O)NCC(=O)O)c(NS(C)(=O)=O)cc3OC)c3cccc(C)c3nc12. The molecule has 0 radical (unpaired) electrons. The number of carboxylic acids is 2. The summed E-state index contributed by atoms with van der Waals surface area (Å²) in [5.41, 5.74) is 8.73. The lowest BCUT2D eigenvalue weighted by Gasteiger charge is -2.21. The van der Waals surface area contributed by atoms with Crippen molar-refractivity contribution in [3.8, 4) is 5.75 Å². The number of amides is 3. The Labute approximate surface area is 308 Å². The van der Waals surface area contributed by atoms with Gasteiger partial charge in [-0.05, 0) is 31.0 Å². The van der Waals surface area contributed by atoms with E-state index in [0.717, 1.165) is 23.6 Å². The lowest BCUT2D eigenvalue weighted by atomic mass is 10.0. The van der Waals surface area contributed by atoms with Gasteiger partial charge in [0.1, 0.15) is 24.4 Å². The number of hydrogen-bond acceptors (Lipinski definition) is 12. The first-order valence-corrected chi connectivity index (χ1v) is 18.8.